The van der Waals surface area contributed by atoms with Crippen LogP contribution in [0.15, 0.2) is 72.8 Å². The second kappa shape index (κ2) is 9.16. The van der Waals surface area contributed by atoms with E-state index in [1.807, 2.05) is 16.9 Å². The number of halogens is 1. The molecular weight excluding hydrogens is 410 g/mol. The molecule has 3 aromatic carbocycles. The molecule has 1 aromatic heterocycles. The Balaban J connectivity index is 1.73. The molecule has 0 aliphatic rings. The summed E-state index contributed by atoms with van der Waals surface area (Å²) in [7, 11) is 0. The molecule has 0 bridgehead atoms. The molecule has 1 heterocycles. The van der Waals surface area contributed by atoms with Gasteiger partial charge in [0.25, 0.3) is 0 Å². The lowest BCUT2D eigenvalue weighted by atomic mass is 9.98. The van der Waals surface area contributed by atoms with Gasteiger partial charge in [-0.25, -0.2) is 0 Å². The predicted molar refractivity (Wildman–Crippen MR) is 121 cm³/mol. The van der Waals surface area contributed by atoms with Crippen LogP contribution in [0.2, 0.25) is 0 Å². The zero-order valence-electron chi connectivity index (χ0n) is 15.9. The van der Waals surface area contributed by atoms with Crippen LogP contribution in [0.4, 0.5) is 0 Å². The van der Waals surface area contributed by atoms with Gasteiger partial charge >= 0.3 is 0 Å². The molecule has 0 spiro atoms. The molecule has 142 valence electrons. The Hall–Kier alpha value is -2.46. The normalized spacial score (nSPS) is 11.2. The van der Waals surface area contributed by atoms with E-state index in [9.17, 15) is 0 Å². The average Bonchev–Trinajstić information content (AvgIpc) is 3.18. The van der Waals surface area contributed by atoms with Crippen LogP contribution in [0.1, 0.15) is 25.7 Å². The molecule has 0 saturated heterocycles. The highest BCUT2D eigenvalue weighted by molar-refractivity contribution is 9.09. The van der Waals surface area contributed by atoms with Gasteiger partial charge in [0.05, 0.1) is 6.54 Å². The van der Waals surface area contributed by atoms with Gasteiger partial charge < -0.3 is 0 Å². The van der Waals surface area contributed by atoms with Crippen molar-refractivity contribution in [1.29, 1.82) is 0 Å². The van der Waals surface area contributed by atoms with E-state index in [0.29, 0.717) is 0 Å². The molecule has 0 saturated carbocycles. The zero-order valence-corrected chi connectivity index (χ0v) is 17.5. The highest BCUT2D eigenvalue weighted by atomic mass is 79.9. The highest BCUT2D eigenvalue weighted by Crippen LogP contribution is 2.33. The van der Waals surface area contributed by atoms with E-state index in [2.05, 4.69) is 76.6 Å². The SMILES string of the molecule is BrCCCCCCn1nc2c(-c3ccccc3)ccc(-c3ccccc3)c2n1. The lowest BCUT2D eigenvalue weighted by Crippen LogP contribution is -2.02. The Labute approximate surface area is 174 Å². The highest BCUT2D eigenvalue weighted by Gasteiger charge is 2.14. The maximum atomic E-state index is 4.89. The molecule has 0 aliphatic carbocycles. The lowest BCUT2D eigenvalue weighted by molar-refractivity contribution is 0.496. The van der Waals surface area contributed by atoms with Crippen LogP contribution in [0.3, 0.4) is 0 Å². The van der Waals surface area contributed by atoms with Crippen LogP contribution in [0.5, 0.6) is 0 Å². The summed E-state index contributed by atoms with van der Waals surface area (Å²) in [6, 6.07) is 25.3. The minimum atomic E-state index is 0.861. The molecule has 0 radical (unpaired) electrons. The lowest BCUT2D eigenvalue weighted by Gasteiger charge is -2.06. The second-order valence-corrected chi connectivity index (χ2v) is 7.78. The summed E-state index contributed by atoms with van der Waals surface area (Å²) in [5.41, 5.74) is 6.59. The van der Waals surface area contributed by atoms with E-state index in [1.165, 1.54) is 30.4 Å². The van der Waals surface area contributed by atoms with Crippen molar-refractivity contribution >= 4 is 27.0 Å². The Bertz CT molecular complexity index is 949. The van der Waals surface area contributed by atoms with Gasteiger partial charge in [0.2, 0.25) is 0 Å². The van der Waals surface area contributed by atoms with E-state index in [1.54, 1.807) is 0 Å². The van der Waals surface area contributed by atoms with Gasteiger partial charge in [0.15, 0.2) is 0 Å². The number of alkyl halides is 1. The first kappa shape index (κ1) is 18.9. The van der Waals surface area contributed by atoms with E-state index >= 15 is 0 Å². The van der Waals surface area contributed by atoms with Crippen LogP contribution < -0.4 is 0 Å². The number of aromatic nitrogens is 3. The molecule has 0 aliphatic heterocycles. The third-order valence-electron chi connectivity index (χ3n) is 4.99. The first-order valence-corrected chi connectivity index (χ1v) is 11.0. The fraction of sp³-hybridized carbons (Fsp3) is 0.250. The third-order valence-corrected chi connectivity index (χ3v) is 5.55. The summed E-state index contributed by atoms with van der Waals surface area (Å²) in [6.07, 6.45) is 4.79. The molecule has 0 N–H and O–H groups in total. The summed E-state index contributed by atoms with van der Waals surface area (Å²) in [4.78, 5) is 1.89. The number of unbranched alkanes of at least 4 members (excludes halogenated alkanes) is 3. The van der Waals surface area contributed by atoms with Crippen molar-refractivity contribution in [3.05, 3.63) is 72.8 Å². The number of rotatable bonds is 8. The molecule has 0 amide bonds. The van der Waals surface area contributed by atoms with E-state index in [0.717, 1.165) is 40.5 Å². The van der Waals surface area contributed by atoms with E-state index in [4.69, 9.17) is 10.2 Å². The molecule has 3 nitrogen and oxygen atoms in total. The maximum absolute atomic E-state index is 4.89. The standard InChI is InChI=1S/C24H24BrN3/c25-17-9-1-2-10-18-28-26-23-21(19-11-5-3-6-12-19)15-16-22(24(23)27-28)20-13-7-4-8-14-20/h3-8,11-16H,1-2,9-10,17-18H2. The van der Waals surface area contributed by atoms with Gasteiger partial charge in [-0.3, -0.25) is 0 Å². The van der Waals surface area contributed by atoms with Crippen molar-refractivity contribution in [2.24, 2.45) is 0 Å². The summed E-state index contributed by atoms with van der Waals surface area (Å²) in [6.45, 7) is 0.861. The smallest absolute Gasteiger partial charge is 0.121 e. The third kappa shape index (κ3) is 4.17. The van der Waals surface area contributed by atoms with Crippen molar-refractivity contribution in [1.82, 2.24) is 15.0 Å². The topological polar surface area (TPSA) is 30.7 Å². The summed E-state index contributed by atoms with van der Waals surface area (Å²) >= 11 is 3.50. The first-order valence-electron chi connectivity index (χ1n) is 9.91. The predicted octanol–water partition coefficient (Wildman–Crippen LogP) is 6.72. The van der Waals surface area contributed by atoms with Crippen LogP contribution in [-0.4, -0.2) is 20.3 Å². The number of benzene rings is 3. The molecular formula is C24H24BrN3. The Morgan fingerprint density at radius 1 is 0.607 bits per heavy atom. The number of nitrogens with zero attached hydrogens (tertiary/aromatic N) is 3. The van der Waals surface area contributed by atoms with Crippen molar-refractivity contribution in [3.8, 4) is 22.3 Å². The maximum Gasteiger partial charge on any atom is 0.121 e. The molecule has 4 rings (SSSR count). The van der Waals surface area contributed by atoms with Crippen molar-refractivity contribution < 1.29 is 0 Å². The molecule has 4 aromatic rings. The number of aryl methyl sites for hydroxylation is 1. The minimum Gasteiger partial charge on any atom is -0.184 e. The Morgan fingerprint density at radius 3 is 1.61 bits per heavy atom. The van der Waals surface area contributed by atoms with Gasteiger partial charge in [-0.2, -0.15) is 15.0 Å². The quantitative estimate of drug-likeness (QED) is 0.228. The second-order valence-electron chi connectivity index (χ2n) is 6.99. The molecule has 28 heavy (non-hydrogen) atoms. The number of hydrogen-bond donors (Lipinski definition) is 0. The average molecular weight is 434 g/mol. The van der Waals surface area contributed by atoms with Gasteiger partial charge in [0.1, 0.15) is 11.0 Å². The zero-order chi connectivity index (χ0) is 19.2. The van der Waals surface area contributed by atoms with Gasteiger partial charge in [0, 0.05) is 16.5 Å². The first-order chi connectivity index (χ1) is 13.9. The molecule has 0 unspecified atom stereocenters. The monoisotopic (exact) mass is 433 g/mol. The summed E-state index contributed by atoms with van der Waals surface area (Å²) in [5.74, 6) is 0. The van der Waals surface area contributed by atoms with Gasteiger partial charge in [-0.05, 0) is 24.0 Å². The Morgan fingerprint density at radius 2 is 1.11 bits per heavy atom. The molecule has 0 atom stereocenters. The van der Waals surface area contributed by atoms with Crippen LogP contribution in [-0.2, 0) is 6.54 Å². The number of fused-ring (bicyclic) bond motifs is 1. The number of hydrogen-bond acceptors (Lipinski definition) is 2. The molecule has 0 fully saturated rings. The van der Waals surface area contributed by atoms with Crippen molar-refractivity contribution in [2.45, 2.75) is 32.2 Å². The minimum absolute atomic E-state index is 0.861. The Kier molecular flexibility index (Phi) is 6.17. The summed E-state index contributed by atoms with van der Waals surface area (Å²) < 4.78 is 0. The van der Waals surface area contributed by atoms with Crippen molar-refractivity contribution in [2.75, 3.05) is 5.33 Å². The largest absolute Gasteiger partial charge is 0.184 e. The van der Waals surface area contributed by atoms with E-state index < -0.39 is 0 Å². The fourth-order valence-electron chi connectivity index (χ4n) is 3.54. The molecule has 4 heteroatoms. The van der Waals surface area contributed by atoms with Crippen LogP contribution >= 0.6 is 15.9 Å². The summed E-state index contributed by atoms with van der Waals surface area (Å²) in [5, 5.41) is 10.9. The van der Waals surface area contributed by atoms with Crippen molar-refractivity contribution in [3.63, 3.8) is 0 Å². The van der Waals surface area contributed by atoms with E-state index in [-0.39, 0.29) is 0 Å². The van der Waals surface area contributed by atoms with Crippen LogP contribution in [0.25, 0.3) is 33.3 Å². The fourth-order valence-corrected chi connectivity index (χ4v) is 3.93. The van der Waals surface area contributed by atoms with Gasteiger partial charge in [-0.15, -0.1) is 0 Å². The van der Waals surface area contributed by atoms with Crippen LogP contribution in [0, 0.1) is 0 Å². The van der Waals surface area contributed by atoms with Gasteiger partial charge in [-0.1, -0.05) is 102 Å².